The van der Waals surface area contributed by atoms with Crippen LogP contribution >= 0.6 is 11.6 Å². The Morgan fingerprint density at radius 1 is 1.31 bits per heavy atom. The van der Waals surface area contributed by atoms with Gasteiger partial charge < -0.3 is 5.73 Å². The zero-order chi connectivity index (χ0) is 10.1. The van der Waals surface area contributed by atoms with Crippen molar-refractivity contribution in [2.24, 2.45) is 5.73 Å². The monoisotopic (exact) mass is 209 g/mol. The summed E-state index contributed by atoms with van der Waals surface area (Å²) in [5.41, 5.74) is 4.45. The van der Waals surface area contributed by atoms with E-state index in [1.807, 2.05) is 0 Å². The Kier molecular flexibility index (Phi) is 2.83. The molecular formula is C8H7ClF3N. The molecular weight excluding hydrogens is 203 g/mol. The van der Waals surface area contributed by atoms with Gasteiger partial charge in [-0.15, -0.1) is 0 Å². The Bertz CT molecular complexity index is 309. The van der Waals surface area contributed by atoms with Crippen molar-refractivity contribution in [2.75, 3.05) is 0 Å². The molecule has 5 heteroatoms. The molecule has 2 N–H and O–H groups in total. The largest absolute Gasteiger partial charge is 0.416 e. The zero-order valence-electron chi connectivity index (χ0n) is 6.53. The first-order chi connectivity index (χ1) is 5.95. The van der Waals surface area contributed by atoms with E-state index in [9.17, 15) is 13.2 Å². The number of rotatable bonds is 1. The van der Waals surface area contributed by atoms with Crippen molar-refractivity contribution in [1.82, 2.24) is 0 Å². The van der Waals surface area contributed by atoms with Crippen molar-refractivity contribution < 1.29 is 13.2 Å². The Balaban J connectivity index is 3.22. The first-order valence-corrected chi connectivity index (χ1v) is 3.88. The van der Waals surface area contributed by atoms with Gasteiger partial charge >= 0.3 is 6.18 Å². The van der Waals surface area contributed by atoms with Crippen LogP contribution in [0, 0.1) is 0 Å². The Hall–Kier alpha value is -0.740. The molecule has 1 aromatic carbocycles. The average Bonchev–Trinajstić information content (AvgIpc) is 2.01. The second-order valence-corrected chi connectivity index (χ2v) is 2.94. The molecule has 72 valence electrons. The van der Waals surface area contributed by atoms with Gasteiger partial charge in [0.15, 0.2) is 0 Å². The molecule has 0 aromatic heterocycles. The molecule has 1 rings (SSSR count). The lowest BCUT2D eigenvalue weighted by molar-refractivity contribution is -0.138. The fraction of sp³-hybridized carbons (Fsp3) is 0.250. The summed E-state index contributed by atoms with van der Waals surface area (Å²) in [7, 11) is 0. The van der Waals surface area contributed by atoms with Crippen LogP contribution in [-0.2, 0) is 12.7 Å². The minimum Gasteiger partial charge on any atom is -0.326 e. The molecule has 0 aliphatic heterocycles. The fourth-order valence-electron chi connectivity index (χ4n) is 1.01. The van der Waals surface area contributed by atoms with Gasteiger partial charge in [-0.05, 0) is 23.8 Å². The van der Waals surface area contributed by atoms with Gasteiger partial charge in [0.1, 0.15) is 0 Å². The van der Waals surface area contributed by atoms with Gasteiger partial charge in [0.05, 0.1) is 5.56 Å². The van der Waals surface area contributed by atoms with Crippen LogP contribution in [0.2, 0.25) is 5.02 Å². The zero-order valence-corrected chi connectivity index (χ0v) is 7.28. The predicted molar refractivity (Wildman–Crippen MR) is 44.3 cm³/mol. The quantitative estimate of drug-likeness (QED) is 0.756. The predicted octanol–water partition coefficient (Wildman–Crippen LogP) is 2.82. The molecule has 0 aliphatic rings. The minimum atomic E-state index is -4.36. The van der Waals surface area contributed by atoms with Crippen LogP contribution in [0.5, 0.6) is 0 Å². The van der Waals surface area contributed by atoms with Crippen molar-refractivity contribution in [1.29, 1.82) is 0 Å². The number of hydrogen-bond acceptors (Lipinski definition) is 1. The highest BCUT2D eigenvalue weighted by atomic mass is 35.5. The van der Waals surface area contributed by atoms with Crippen LogP contribution in [0.4, 0.5) is 13.2 Å². The van der Waals surface area contributed by atoms with Gasteiger partial charge in [0, 0.05) is 11.6 Å². The summed E-state index contributed by atoms with van der Waals surface area (Å²) in [6.45, 7) is -0.171. The maximum atomic E-state index is 12.3. The molecule has 0 atom stereocenters. The summed E-state index contributed by atoms with van der Waals surface area (Å²) in [5.74, 6) is 0. The number of benzene rings is 1. The molecule has 0 heterocycles. The first-order valence-electron chi connectivity index (χ1n) is 3.51. The van der Waals surface area contributed by atoms with E-state index in [-0.39, 0.29) is 17.1 Å². The lowest BCUT2D eigenvalue weighted by Crippen LogP contribution is -2.11. The molecule has 13 heavy (non-hydrogen) atoms. The molecule has 0 saturated carbocycles. The molecule has 0 amide bonds. The van der Waals surface area contributed by atoms with E-state index in [0.29, 0.717) is 0 Å². The topological polar surface area (TPSA) is 26.0 Å². The Labute approximate surface area is 78.3 Å². The summed E-state index contributed by atoms with van der Waals surface area (Å²) in [6.07, 6.45) is -4.36. The smallest absolute Gasteiger partial charge is 0.326 e. The SMILES string of the molecule is NCc1cc(Cl)ccc1C(F)(F)F. The van der Waals surface area contributed by atoms with Gasteiger partial charge in [-0.25, -0.2) is 0 Å². The summed E-state index contributed by atoms with van der Waals surface area (Å²) in [5, 5.41) is 0.258. The third kappa shape index (κ3) is 2.35. The Morgan fingerprint density at radius 2 is 1.92 bits per heavy atom. The third-order valence-electron chi connectivity index (χ3n) is 1.59. The summed E-state index contributed by atoms with van der Waals surface area (Å²) in [4.78, 5) is 0. The minimum absolute atomic E-state index is 0.0139. The van der Waals surface area contributed by atoms with E-state index in [4.69, 9.17) is 17.3 Å². The normalized spacial score (nSPS) is 11.8. The molecule has 0 unspecified atom stereocenters. The van der Waals surface area contributed by atoms with E-state index in [1.54, 1.807) is 0 Å². The van der Waals surface area contributed by atoms with Gasteiger partial charge in [-0.3, -0.25) is 0 Å². The first kappa shape index (κ1) is 10.3. The molecule has 1 nitrogen and oxygen atoms in total. The number of alkyl halides is 3. The van der Waals surface area contributed by atoms with Crippen molar-refractivity contribution in [3.63, 3.8) is 0 Å². The molecule has 1 aromatic rings. The van der Waals surface area contributed by atoms with Crippen molar-refractivity contribution in [3.05, 3.63) is 34.3 Å². The molecule has 0 radical (unpaired) electrons. The van der Waals surface area contributed by atoms with Gasteiger partial charge in [0.25, 0.3) is 0 Å². The fourth-order valence-corrected chi connectivity index (χ4v) is 1.20. The van der Waals surface area contributed by atoms with Crippen molar-refractivity contribution >= 4 is 11.6 Å². The summed E-state index contributed by atoms with van der Waals surface area (Å²) in [6, 6.07) is 3.36. The van der Waals surface area contributed by atoms with Crippen LogP contribution in [-0.4, -0.2) is 0 Å². The maximum Gasteiger partial charge on any atom is 0.416 e. The van der Waals surface area contributed by atoms with E-state index in [0.717, 1.165) is 6.07 Å². The molecule has 0 saturated heterocycles. The Morgan fingerprint density at radius 3 is 2.38 bits per heavy atom. The maximum absolute atomic E-state index is 12.3. The number of hydrogen-bond donors (Lipinski definition) is 1. The lowest BCUT2D eigenvalue weighted by atomic mass is 10.1. The van der Waals surface area contributed by atoms with Crippen LogP contribution in [0.25, 0.3) is 0 Å². The number of halogens is 4. The van der Waals surface area contributed by atoms with E-state index in [1.165, 1.54) is 12.1 Å². The van der Waals surface area contributed by atoms with Gasteiger partial charge in [-0.2, -0.15) is 13.2 Å². The van der Waals surface area contributed by atoms with Crippen LogP contribution in [0.1, 0.15) is 11.1 Å². The van der Waals surface area contributed by atoms with E-state index >= 15 is 0 Å². The van der Waals surface area contributed by atoms with Gasteiger partial charge in [0.2, 0.25) is 0 Å². The molecule has 0 aliphatic carbocycles. The van der Waals surface area contributed by atoms with Crippen molar-refractivity contribution in [2.45, 2.75) is 12.7 Å². The second-order valence-electron chi connectivity index (χ2n) is 2.50. The van der Waals surface area contributed by atoms with Crippen LogP contribution in [0.15, 0.2) is 18.2 Å². The highest BCUT2D eigenvalue weighted by Crippen LogP contribution is 2.32. The third-order valence-corrected chi connectivity index (χ3v) is 1.83. The highest BCUT2D eigenvalue weighted by molar-refractivity contribution is 6.30. The summed E-state index contributed by atoms with van der Waals surface area (Å²) >= 11 is 5.52. The molecule has 0 spiro atoms. The van der Waals surface area contributed by atoms with Crippen LogP contribution < -0.4 is 5.73 Å². The van der Waals surface area contributed by atoms with Crippen molar-refractivity contribution in [3.8, 4) is 0 Å². The second kappa shape index (κ2) is 3.55. The molecule has 0 fully saturated rings. The average molecular weight is 210 g/mol. The van der Waals surface area contributed by atoms with E-state index in [2.05, 4.69) is 0 Å². The van der Waals surface area contributed by atoms with Crippen LogP contribution in [0.3, 0.4) is 0 Å². The molecule has 0 bridgehead atoms. The standard InChI is InChI=1S/C8H7ClF3N/c9-6-1-2-7(8(10,11)12)5(3-6)4-13/h1-3H,4,13H2. The highest BCUT2D eigenvalue weighted by Gasteiger charge is 2.32. The summed E-state index contributed by atoms with van der Waals surface area (Å²) < 4.78 is 36.8. The lowest BCUT2D eigenvalue weighted by Gasteiger charge is -2.11. The number of nitrogens with two attached hydrogens (primary N) is 1. The van der Waals surface area contributed by atoms with Gasteiger partial charge in [-0.1, -0.05) is 11.6 Å². The van der Waals surface area contributed by atoms with E-state index < -0.39 is 11.7 Å².